The first kappa shape index (κ1) is 16.6. The third-order valence-corrected chi connectivity index (χ3v) is 8.86. The van der Waals surface area contributed by atoms with Gasteiger partial charge >= 0.3 is 0 Å². The molecule has 2 N–H and O–H groups in total. The van der Waals surface area contributed by atoms with Gasteiger partial charge in [-0.05, 0) is 66.5 Å². The lowest BCUT2D eigenvalue weighted by atomic mass is 9.62. The fourth-order valence-electron chi connectivity index (χ4n) is 7.73. The molecule has 1 amide bonds. The van der Waals surface area contributed by atoms with Crippen LogP contribution < -0.4 is 5.73 Å². The molecular weight excluding hydrogens is 336 g/mol. The lowest BCUT2D eigenvalue weighted by Gasteiger charge is -2.55. The maximum atomic E-state index is 11.7. The highest BCUT2D eigenvalue weighted by molar-refractivity contribution is 5.92. The zero-order valence-corrected chi connectivity index (χ0v) is 16.1. The number of likely N-dealkylation sites (tertiary alicyclic amines) is 1. The summed E-state index contributed by atoms with van der Waals surface area (Å²) in [7, 11) is 1.87. The van der Waals surface area contributed by atoms with Gasteiger partial charge in [-0.15, -0.1) is 0 Å². The summed E-state index contributed by atoms with van der Waals surface area (Å²) in [6.07, 6.45) is 5.22. The number of nitrogens with zero attached hydrogens (tertiary/aromatic N) is 1. The lowest BCUT2D eigenvalue weighted by Crippen LogP contribution is -2.59. The standard InChI is InChI=1S/C23H30N2O2/c1-27-23(15-5-2-4-13(8-15)22(24)26)16-6-3-7-17(23)12-25(11-16)10-14-9-18-20-19(14)21(18)20/h2,4-5,8,14,16-21H,3,6-7,9-12H2,1H3,(H2,24,26)/t14-,16?,17?,18?,19?,20-,21?,23?/m0/s1. The van der Waals surface area contributed by atoms with E-state index in [-0.39, 0.29) is 11.5 Å². The van der Waals surface area contributed by atoms with Crippen LogP contribution in [0.3, 0.4) is 0 Å². The van der Waals surface area contributed by atoms with Gasteiger partial charge in [-0.2, -0.15) is 0 Å². The predicted molar refractivity (Wildman–Crippen MR) is 103 cm³/mol. The SMILES string of the molecule is COC1(c2cccc(C(N)=O)c2)C2CCCC1CN(C[C@@H]1CC3C4C1[C@H]34)C2. The Hall–Kier alpha value is -1.39. The Morgan fingerprint density at radius 3 is 2.56 bits per heavy atom. The molecule has 4 nitrogen and oxygen atoms in total. The second-order valence-corrected chi connectivity index (χ2v) is 9.88. The number of hydrogen-bond donors (Lipinski definition) is 1. The number of carbonyl (C=O) groups is 1. The summed E-state index contributed by atoms with van der Waals surface area (Å²) in [6.45, 7) is 3.57. The van der Waals surface area contributed by atoms with Crippen molar-refractivity contribution in [2.45, 2.75) is 31.3 Å². The van der Waals surface area contributed by atoms with E-state index in [0.717, 1.165) is 48.2 Å². The number of primary amides is 1. The van der Waals surface area contributed by atoms with Crippen LogP contribution in [0.4, 0.5) is 0 Å². The van der Waals surface area contributed by atoms with Gasteiger partial charge in [0.2, 0.25) is 5.91 Å². The molecule has 0 aromatic heterocycles. The van der Waals surface area contributed by atoms with Crippen LogP contribution in [0.1, 0.15) is 41.6 Å². The monoisotopic (exact) mass is 366 g/mol. The first-order valence-electron chi connectivity index (χ1n) is 10.8. The van der Waals surface area contributed by atoms with E-state index in [1.54, 1.807) is 0 Å². The summed E-state index contributed by atoms with van der Waals surface area (Å²) < 4.78 is 6.34. The molecule has 1 aliphatic heterocycles. The van der Waals surface area contributed by atoms with E-state index < -0.39 is 0 Å². The first-order valence-corrected chi connectivity index (χ1v) is 10.8. The van der Waals surface area contributed by atoms with Gasteiger partial charge in [-0.3, -0.25) is 4.79 Å². The Bertz CT molecular complexity index is 762. The van der Waals surface area contributed by atoms with Crippen LogP contribution in [0, 0.1) is 41.4 Å². The molecule has 7 atom stereocenters. The van der Waals surface area contributed by atoms with E-state index in [0.29, 0.717) is 17.4 Å². The molecule has 1 aromatic carbocycles. The van der Waals surface area contributed by atoms with E-state index in [1.165, 1.54) is 32.2 Å². The molecule has 5 saturated carbocycles. The van der Waals surface area contributed by atoms with Crippen LogP contribution in [0.15, 0.2) is 24.3 Å². The van der Waals surface area contributed by atoms with Gasteiger partial charge in [-0.1, -0.05) is 18.6 Å². The van der Waals surface area contributed by atoms with Crippen molar-refractivity contribution >= 4 is 5.91 Å². The number of hydrogen-bond acceptors (Lipinski definition) is 3. The van der Waals surface area contributed by atoms with Crippen LogP contribution >= 0.6 is 0 Å². The largest absolute Gasteiger partial charge is 0.373 e. The topological polar surface area (TPSA) is 55.6 Å². The average Bonchev–Trinajstić information content (AvgIpc) is 3.49. The van der Waals surface area contributed by atoms with Crippen molar-refractivity contribution in [3.05, 3.63) is 35.4 Å². The zero-order chi connectivity index (χ0) is 18.3. The average molecular weight is 367 g/mol. The van der Waals surface area contributed by atoms with Crippen molar-refractivity contribution in [2.24, 2.45) is 47.2 Å². The Morgan fingerprint density at radius 2 is 1.96 bits per heavy atom. The zero-order valence-electron chi connectivity index (χ0n) is 16.1. The second-order valence-electron chi connectivity index (χ2n) is 9.88. The first-order chi connectivity index (χ1) is 13.1. The van der Waals surface area contributed by atoms with E-state index in [2.05, 4.69) is 11.0 Å². The predicted octanol–water partition coefficient (Wildman–Crippen LogP) is 2.87. The van der Waals surface area contributed by atoms with Gasteiger partial charge in [0.1, 0.15) is 5.60 Å². The highest BCUT2D eigenvalue weighted by Crippen LogP contribution is 2.83. The summed E-state index contributed by atoms with van der Waals surface area (Å²) in [5.41, 5.74) is 7.05. The molecule has 6 aliphatic rings. The Kier molecular flexibility index (Phi) is 3.42. The fraction of sp³-hybridized carbons (Fsp3) is 0.696. The number of carbonyl (C=O) groups excluding carboxylic acids is 1. The molecule has 0 radical (unpaired) electrons. The van der Waals surface area contributed by atoms with Crippen LogP contribution in [-0.2, 0) is 10.3 Å². The molecule has 7 rings (SSSR count). The molecule has 4 bridgehead atoms. The normalized spacial score (nSPS) is 46.8. The number of methoxy groups -OCH3 is 1. The van der Waals surface area contributed by atoms with Crippen LogP contribution in [-0.4, -0.2) is 37.6 Å². The number of rotatable bonds is 5. The molecule has 27 heavy (non-hydrogen) atoms. The van der Waals surface area contributed by atoms with Gasteiger partial charge in [0.15, 0.2) is 0 Å². The smallest absolute Gasteiger partial charge is 0.248 e. The minimum atomic E-state index is -0.353. The van der Waals surface area contributed by atoms with Crippen LogP contribution in [0.2, 0.25) is 0 Å². The molecule has 5 aliphatic carbocycles. The Labute approximate surface area is 161 Å². The van der Waals surface area contributed by atoms with E-state index in [9.17, 15) is 4.79 Å². The van der Waals surface area contributed by atoms with Gasteiger partial charge in [0.05, 0.1) is 0 Å². The second kappa shape index (κ2) is 5.57. The molecular formula is C23H30N2O2. The molecule has 144 valence electrons. The fourth-order valence-corrected chi connectivity index (χ4v) is 7.73. The van der Waals surface area contributed by atoms with Gasteiger partial charge in [0, 0.05) is 44.1 Å². The Morgan fingerprint density at radius 1 is 1.22 bits per heavy atom. The van der Waals surface area contributed by atoms with Gasteiger partial charge in [-0.25, -0.2) is 0 Å². The van der Waals surface area contributed by atoms with Crippen molar-refractivity contribution in [3.63, 3.8) is 0 Å². The van der Waals surface area contributed by atoms with Crippen molar-refractivity contribution in [2.75, 3.05) is 26.7 Å². The number of fused-ring (bicyclic) bond motifs is 3. The maximum Gasteiger partial charge on any atom is 0.248 e. The summed E-state index contributed by atoms with van der Waals surface area (Å²) in [6, 6.07) is 7.91. The van der Waals surface area contributed by atoms with Gasteiger partial charge in [0.25, 0.3) is 0 Å². The van der Waals surface area contributed by atoms with Gasteiger partial charge < -0.3 is 15.4 Å². The van der Waals surface area contributed by atoms with Crippen LogP contribution in [0.25, 0.3) is 0 Å². The third kappa shape index (κ3) is 2.20. The number of ether oxygens (including phenoxy) is 1. The number of amides is 1. The van der Waals surface area contributed by atoms with E-state index in [4.69, 9.17) is 10.5 Å². The lowest BCUT2D eigenvalue weighted by molar-refractivity contribution is -0.170. The highest BCUT2D eigenvalue weighted by Gasteiger charge is 2.79. The van der Waals surface area contributed by atoms with Crippen molar-refractivity contribution in [1.29, 1.82) is 0 Å². The number of nitrogens with two attached hydrogens (primary N) is 1. The number of piperidine rings is 1. The molecule has 0 spiro atoms. The molecule has 1 aromatic rings. The molecule has 6 fully saturated rings. The highest BCUT2D eigenvalue weighted by atomic mass is 16.5. The summed E-state index contributed by atoms with van der Waals surface area (Å²) >= 11 is 0. The van der Waals surface area contributed by atoms with Crippen molar-refractivity contribution in [1.82, 2.24) is 4.90 Å². The summed E-state index contributed by atoms with van der Waals surface area (Å²) in [4.78, 5) is 14.5. The van der Waals surface area contributed by atoms with E-state index in [1.807, 2.05) is 25.3 Å². The minimum absolute atomic E-state index is 0.261. The van der Waals surface area contributed by atoms with E-state index >= 15 is 0 Å². The molecule has 1 heterocycles. The summed E-state index contributed by atoms with van der Waals surface area (Å²) in [5.74, 6) is 6.13. The third-order valence-electron chi connectivity index (χ3n) is 8.86. The Balaban J connectivity index is 1.28. The van der Waals surface area contributed by atoms with Crippen molar-refractivity contribution < 1.29 is 9.53 Å². The quantitative estimate of drug-likeness (QED) is 0.872. The van der Waals surface area contributed by atoms with Crippen molar-refractivity contribution in [3.8, 4) is 0 Å². The van der Waals surface area contributed by atoms with Crippen LogP contribution in [0.5, 0.6) is 0 Å². The molecule has 4 heteroatoms. The maximum absolute atomic E-state index is 11.7. The molecule has 5 unspecified atom stereocenters. The number of benzene rings is 1. The summed E-state index contributed by atoms with van der Waals surface area (Å²) in [5, 5.41) is 0. The minimum Gasteiger partial charge on any atom is -0.373 e. The molecule has 1 saturated heterocycles.